The average Bonchev–Trinajstić information content (AvgIpc) is 1.91. The maximum Gasteiger partial charge on any atom is 0.00875 e. The predicted octanol–water partition coefficient (Wildman–Crippen LogP) is 0.969. The van der Waals surface area contributed by atoms with Crippen LogP contribution in [0.5, 0.6) is 0 Å². The Balaban J connectivity index is 3.53. The van der Waals surface area contributed by atoms with Crippen LogP contribution in [0.25, 0.3) is 0 Å². The van der Waals surface area contributed by atoms with Crippen LogP contribution in [-0.4, -0.2) is 19.6 Å². The third-order valence-corrected chi connectivity index (χ3v) is 2.12. The molecule has 0 aromatic carbocycles. The highest BCUT2D eigenvalue weighted by atomic mass is 14.9. The van der Waals surface area contributed by atoms with E-state index in [4.69, 9.17) is 5.73 Å². The van der Waals surface area contributed by atoms with Crippen molar-refractivity contribution >= 4 is 0 Å². The summed E-state index contributed by atoms with van der Waals surface area (Å²) in [5.41, 5.74) is 5.45. The van der Waals surface area contributed by atoms with E-state index >= 15 is 0 Å². The standard InChI is InChI=1S/C8H20N2/c1-4-8(10-3)7(2)5-6-9/h7-8,10H,4-6,9H2,1-3H3. The second-order valence-electron chi connectivity index (χ2n) is 2.86. The number of rotatable bonds is 5. The van der Waals surface area contributed by atoms with Crippen LogP contribution in [-0.2, 0) is 0 Å². The summed E-state index contributed by atoms with van der Waals surface area (Å²) >= 11 is 0. The van der Waals surface area contributed by atoms with Crippen molar-refractivity contribution in [1.29, 1.82) is 0 Å². The molecule has 2 atom stereocenters. The molecule has 0 heterocycles. The van der Waals surface area contributed by atoms with Crippen molar-refractivity contribution in [1.82, 2.24) is 5.32 Å². The van der Waals surface area contributed by atoms with E-state index in [0.717, 1.165) is 13.0 Å². The summed E-state index contributed by atoms with van der Waals surface area (Å²) in [6, 6.07) is 0.642. The van der Waals surface area contributed by atoms with Crippen molar-refractivity contribution in [2.45, 2.75) is 32.7 Å². The lowest BCUT2D eigenvalue weighted by Crippen LogP contribution is -2.32. The van der Waals surface area contributed by atoms with E-state index in [1.54, 1.807) is 0 Å². The first-order valence-corrected chi connectivity index (χ1v) is 4.13. The molecular formula is C8H20N2. The molecule has 0 saturated carbocycles. The molecule has 10 heavy (non-hydrogen) atoms. The summed E-state index contributed by atoms with van der Waals surface area (Å²) in [4.78, 5) is 0. The van der Waals surface area contributed by atoms with Gasteiger partial charge in [0.15, 0.2) is 0 Å². The molecule has 0 aromatic rings. The maximum atomic E-state index is 5.45. The van der Waals surface area contributed by atoms with Crippen LogP contribution < -0.4 is 11.1 Å². The smallest absolute Gasteiger partial charge is 0.00875 e. The van der Waals surface area contributed by atoms with E-state index in [1.165, 1.54) is 6.42 Å². The van der Waals surface area contributed by atoms with Gasteiger partial charge in [-0.1, -0.05) is 13.8 Å². The van der Waals surface area contributed by atoms with Gasteiger partial charge in [0.1, 0.15) is 0 Å². The van der Waals surface area contributed by atoms with Crippen molar-refractivity contribution in [2.24, 2.45) is 11.7 Å². The monoisotopic (exact) mass is 144 g/mol. The molecule has 0 radical (unpaired) electrons. The van der Waals surface area contributed by atoms with Crippen molar-refractivity contribution in [3.8, 4) is 0 Å². The predicted molar refractivity (Wildman–Crippen MR) is 46.0 cm³/mol. The highest BCUT2D eigenvalue weighted by molar-refractivity contribution is 4.69. The summed E-state index contributed by atoms with van der Waals surface area (Å²) in [6.07, 6.45) is 2.32. The van der Waals surface area contributed by atoms with Gasteiger partial charge in [0.25, 0.3) is 0 Å². The first-order valence-electron chi connectivity index (χ1n) is 4.13. The van der Waals surface area contributed by atoms with Gasteiger partial charge in [-0.2, -0.15) is 0 Å². The van der Waals surface area contributed by atoms with Crippen molar-refractivity contribution in [2.75, 3.05) is 13.6 Å². The Kier molecular flexibility index (Phi) is 5.64. The summed E-state index contributed by atoms with van der Waals surface area (Å²) in [5, 5.41) is 3.28. The molecule has 0 saturated heterocycles. The van der Waals surface area contributed by atoms with Gasteiger partial charge in [-0.15, -0.1) is 0 Å². The van der Waals surface area contributed by atoms with Gasteiger partial charge in [-0.25, -0.2) is 0 Å². The average molecular weight is 144 g/mol. The van der Waals surface area contributed by atoms with Gasteiger partial charge in [0.05, 0.1) is 0 Å². The van der Waals surface area contributed by atoms with Gasteiger partial charge >= 0.3 is 0 Å². The number of nitrogens with one attached hydrogen (secondary N) is 1. The lowest BCUT2D eigenvalue weighted by atomic mass is 9.96. The third-order valence-electron chi connectivity index (χ3n) is 2.12. The molecule has 0 rings (SSSR count). The number of nitrogens with two attached hydrogens (primary N) is 1. The van der Waals surface area contributed by atoms with Gasteiger partial charge in [-0.05, 0) is 32.4 Å². The van der Waals surface area contributed by atoms with Gasteiger partial charge in [0.2, 0.25) is 0 Å². The first-order chi connectivity index (χ1) is 4.76. The molecule has 0 aliphatic heterocycles. The van der Waals surface area contributed by atoms with E-state index in [1.807, 2.05) is 7.05 Å². The Morgan fingerprint density at radius 3 is 2.40 bits per heavy atom. The molecule has 0 fully saturated rings. The van der Waals surface area contributed by atoms with E-state index in [0.29, 0.717) is 12.0 Å². The van der Waals surface area contributed by atoms with Crippen molar-refractivity contribution in [3.05, 3.63) is 0 Å². The van der Waals surface area contributed by atoms with Crippen LogP contribution in [0.3, 0.4) is 0 Å². The Bertz CT molecular complexity index is 69.7. The minimum absolute atomic E-state index is 0.642. The summed E-state index contributed by atoms with van der Waals surface area (Å²) < 4.78 is 0. The Morgan fingerprint density at radius 1 is 1.50 bits per heavy atom. The number of hydrogen-bond donors (Lipinski definition) is 2. The van der Waals surface area contributed by atoms with Crippen LogP contribution in [0.4, 0.5) is 0 Å². The quantitative estimate of drug-likeness (QED) is 0.603. The topological polar surface area (TPSA) is 38.0 Å². The molecule has 0 bridgehead atoms. The fourth-order valence-electron chi connectivity index (χ4n) is 1.36. The third kappa shape index (κ3) is 3.18. The molecule has 0 aliphatic rings. The second-order valence-corrected chi connectivity index (χ2v) is 2.86. The minimum Gasteiger partial charge on any atom is -0.330 e. The minimum atomic E-state index is 0.642. The van der Waals surface area contributed by atoms with Crippen LogP contribution in [0.2, 0.25) is 0 Å². The lowest BCUT2D eigenvalue weighted by Gasteiger charge is -2.21. The van der Waals surface area contributed by atoms with Crippen molar-refractivity contribution < 1.29 is 0 Å². The molecule has 3 N–H and O–H groups in total. The molecule has 0 amide bonds. The normalized spacial score (nSPS) is 16.8. The van der Waals surface area contributed by atoms with Crippen LogP contribution in [0.15, 0.2) is 0 Å². The van der Waals surface area contributed by atoms with Crippen LogP contribution in [0.1, 0.15) is 26.7 Å². The van der Waals surface area contributed by atoms with Crippen LogP contribution in [0, 0.1) is 5.92 Å². The molecule has 62 valence electrons. The highest BCUT2D eigenvalue weighted by Crippen LogP contribution is 2.09. The Labute approximate surface area is 64.2 Å². The summed E-state index contributed by atoms with van der Waals surface area (Å²) in [7, 11) is 2.02. The molecule has 2 nitrogen and oxygen atoms in total. The van der Waals surface area contributed by atoms with E-state index in [-0.39, 0.29) is 0 Å². The molecule has 2 unspecified atom stereocenters. The SMILES string of the molecule is CCC(NC)C(C)CCN. The van der Waals surface area contributed by atoms with Gasteiger partial charge in [-0.3, -0.25) is 0 Å². The zero-order chi connectivity index (χ0) is 7.98. The summed E-state index contributed by atoms with van der Waals surface area (Å²) in [5.74, 6) is 0.708. The van der Waals surface area contributed by atoms with E-state index in [9.17, 15) is 0 Å². The lowest BCUT2D eigenvalue weighted by molar-refractivity contribution is 0.372. The van der Waals surface area contributed by atoms with Gasteiger partial charge < -0.3 is 11.1 Å². The fourth-order valence-corrected chi connectivity index (χ4v) is 1.36. The fraction of sp³-hybridized carbons (Fsp3) is 1.00. The van der Waals surface area contributed by atoms with Crippen molar-refractivity contribution in [3.63, 3.8) is 0 Å². The zero-order valence-corrected chi connectivity index (χ0v) is 7.35. The second kappa shape index (κ2) is 5.69. The van der Waals surface area contributed by atoms with E-state index < -0.39 is 0 Å². The molecule has 0 spiro atoms. The zero-order valence-electron chi connectivity index (χ0n) is 7.35. The van der Waals surface area contributed by atoms with Gasteiger partial charge in [0, 0.05) is 6.04 Å². The molecule has 2 heteroatoms. The van der Waals surface area contributed by atoms with Crippen LogP contribution >= 0.6 is 0 Å². The number of hydrogen-bond acceptors (Lipinski definition) is 2. The Hall–Kier alpha value is -0.0800. The summed E-state index contributed by atoms with van der Waals surface area (Å²) in [6.45, 7) is 5.26. The highest BCUT2D eigenvalue weighted by Gasteiger charge is 2.10. The Morgan fingerprint density at radius 2 is 2.10 bits per heavy atom. The first kappa shape index (κ1) is 9.92. The molecule has 0 aromatic heterocycles. The largest absolute Gasteiger partial charge is 0.330 e. The molecule has 0 aliphatic carbocycles. The molecular weight excluding hydrogens is 124 g/mol. The maximum absolute atomic E-state index is 5.45. The van der Waals surface area contributed by atoms with E-state index in [2.05, 4.69) is 19.2 Å².